The Morgan fingerprint density at radius 2 is 2.14 bits per heavy atom. The molecule has 2 nitrogen and oxygen atoms in total. The number of hydrogen-bond acceptors (Lipinski definition) is 2. The molecule has 1 aromatic carbocycles. The maximum Gasteiger partial charge on any atom is 0.135 e. The van der Waals surface area contributed by atoms with E-state index in [2.05, 4.69) is 15.9 Å². The van der Waals surface area contributed by atoms with Crippen molar-refractivity contribution in [3.63, 3.8) is 0 Å². The fraction of sp³-hybridized carbons (Fsp3) is 0.273. The number of halogens is 1. The van der Waals surface area contributed by atoms with Gasteiger partial charge < -0.3 is 9.52 Å². The second-order valence-corrected chi connectivity index (χ2v) is 4.68. The predicted molar refractivity (Wildman–Crippen MR) is 57.0 cm³/mol. The molecule has 72 valence electrons. The van der Waals surface area contributed by atoms with Crippen molar-refractivity contribution < 1.29 is 9.52 Å². The summed E-state index contributed by atoms with van der Waals surface area (Å²) in [6.45, 7) is 0. The summed E-state index contributed by atoms with van der Waals surface area (Å²) < 4.78 is 6.25. The van der Waals surface area contributed by atoms with Crippen molar-refractivity contribution >= 4 is 26.9 Å². The van der Waals surface area contributed by atoms with Crippen molar-refractivity contribution in [3.8, 4) is 0 Å². The van der Waals surface area contributed by atoms with E-state index in [4.69, 9.17) is 4.42 Å². The van der Waals surface area contributed by atoms with Gasteiger partial charge >= 0.3 is 0 Å². The average Bonchev–Trinajstić information content (AvgIpc) is 2.84. The van der Waals surface area contributed by atoms with E-state index >= 15 is 0 Å². The molecule has 0 spiro atoms. The van der Waals surface area contributed by atoms with Gasteiger partial charge in [-0.2, -0.15) is 0 Å². The zero-order valence-electron chi connectivity index (χ0n) is 7.46. The summed E-state index contributed by atoms with van der Waals surface area (Å²) in [4.78, 5) is 0. The van der Waals surface area contributed by atoms with Crippen molar-refractivity contribution in [1.82, 2.24) is 0 Å². The Bertz CT molecular complexity index is 497. The van der Waals surface area contributed by atoms with Crippen LogP contribution in [0.15, 0.2) is 33.4 Å². The maximum absolute atomic E-state index is 9.94. The lowest BCUT2D eigenvalue weighted by molar-refractivity contribution is 0.151. The van der Waals surface area contributed by atoms with Gasteiger partial charge in [0.2, 0.25) is 0 Å². The third-order valence-corrected chi connectivity index (χ3v) is 3.40. The summed E-state index contributed by atoms with van der Waals surface area (Å²) >= 11 is 3.41. The first-order chi connectivity index (χ1) is 6.69. The molecule has 0 unspecified atom stereocenters. The zero-order chi connectivity index (χ0) is 9.76. The summed E-state index contributed by atoms with van der Waals surface area (Å²) in [5.41, 5.74) is 1.28. The molecular weight excluding hydrogens is 244 g/mol. The van der Waals surface area contributed by atoms with Crippen molar-refractivity contribution in [2.45, 2.75) is 18.4 Å². The van der Waals surface area contributed by atoms with Crippen LogP contribution in [0.2, 0.25) is 0 Å². The Kier molecular flexibility index (Phi) is 1.59. The molecule has 14 heavy (non-hydrogen) atoms. The fourth-order valence-electron chi connectivity index (χ4n) is 1.69. The molecule has 0 atom stereocenters. The molecule has 2 aromatic rings. The van der Waals surface area contributed by atoms with Gasteiger partial charge in [-0.25, -0.2) is 0 Å². The zero-order valence-corrected chi connectivity index (χ0v) is 9.04. The topological polar surface area (TPSA) is 33.4 Å². The van der Waals surface area contributed by atoms with Gasteiger partial charge in [-0.1, -0.05) is 6.07 Å². The largest absolute Gasteiger partial charge is 0.463 e. The van der Waals surface area contributed by atoms with Crippen LogP contribution in [-0.2, 0) is 5.60 Å². The highest BCUT2D eigenvalue weighted by Gasteiger charge is 2.42. The lowest BCUT2D eigenvalue weighted by Crippen LogP contribution is -2.03. The van der Waals surface area contributed by atoms with E-state index in [1.807, 2.05) is 18.2 Å². The maximum atomic E-state index is 9.94. The molecule has 0 aliphatic heterocycles. The molecule has 1 saturated carbocycles. The monoisotopic (exact) mass is 252 g/mol. The van der Waals surface area contributed by atoms with E-state index in [9.17, 15) is 5.11 Å². The lowest BCUT2D eigenvalue weighted by atomic mass is 10.1. The van der Waals surface area contributed by atoms with Gasteiger partial charge in [0.15, 0.2) is 0 Å². The average molecular weight is 253 g/mol. The number of benzene rings is 1. The van der Waals surface area contributed by atoms with Gasteiger partial charge in [-0.05, 0) is 46.5 Å². The quantitative estimate of drug-likeness (QED) is 0.846. The van der Waals surface area contributed by atoms with E-state index < -0.39 is 5.60 Å². The van der Waals surface area contributed by atoms with E-state index in [0.29, 0.717) is 0 Å². The van der Waals surface area contributed by atoms with E-state index in [-0.39, 0.29) is 0 Å². The first kappa shape index (κ1) is 8.50. The Balaban J connectivity index is 2.23. The molecule has 1 fully saturated rings. The van der Waals surface area contributed by atoms with E-state index in [0.717, 1.165) is 33.8 Å². The number of hydrogen-bond donors (Lipinski definition) is 1. The summed E-state index contributed by atoms with van der Waals surface area (Å²) in [6.07, 6.45) is 3.41. The van der Waals surface area contributed by atoms with Crippen molar-refractivity contribution in [3.05, 3.63) is 34.5 Å². The minimum atomic E-state index is -0.565. The molecule has 1 aliphatic carbocycles. The molecule has 1 heterocycles. The highest BCUT2D eigenvalue weighted by molar-refractivity contribution is 9.10. The molecule has 1 N–H and O–H groups in total. The molecular formula is C11H9BrO2. The molecule has 0 amide bonds. The Hall–Kier alpha value is -0.800. The SMILES string of the molecule is OC1(c2ccc3occ(Br)c3c2)CC1. The minimum absolute atomic E-state index is 0.565. The highest BCUT2D eigenvalue weighted by Crippen LogP contribution is 2.46. The van der Waals surface area contributed by atoms with Gasteiger partial charge in [-0.3, -0.25) is 0 Å². The molecule has 1 aromatic heterocycles. The van der Waals surface area contributed by atoms with Crippen LogP contribution in [-0.4, -0.2) is 5.11 Å². The fourth-order valence-corrected chi connectivity index (χ4v) is 2.10. The standard InChI is InChI=1S/C11H9BrO2/c12-9-6-14-10-2-1-7(5-8(9)10)11(13)3-4-11/h1-2,5-6,13H,3-4H2. The number of furan rings is 1. The van der Waals surface area contributed by atoms with Gasteiger partial charge in [0.05, 0.1) is 10.1 Å². The summed E-state index contributed by atoms with van der Waals surface area (Å²) in [5, 5.41) is 11.0. The second kappa shape index (κ2) is 2.61. The van der Waals surface area contributed by atoms with Crippen LogP contribution in [0.3, 0.4) is 0 Å². The first-order valence-corrected chi connectivity index (χ1v) is 5.38. The van der Waals surface area contributed by atoms with Gasteiger partial charge in [0.25, 0.3) is 0 Å². The molecule has 1 aliphatic rings. The van der Waals surface area contributed by atoms with Crippen LogP contribution in [0, 0.1) is 0 Å². The molecule has 0 saturated heterocycles. The smallest absolute Gasteiger partial charge is 0.135 e. The number of rotatable bonds is 1. The van der Waals surface area contributed by atoms with E-state index in [1.54, 1.807) is 6.26 Å². The minimum Gasteiger partial charge on any atom is -0.463 e. The predicted octanol–water partition coefficient (Wildman–Crippen LogP) is 3.18. The van der Waals surface area contributed by atoms with Gasteiger partial charge in [-0.15, -0.1) is 0 Å². The van der Waals surface area contributed by atoms with Crippen LogP contribution >= 0.6 is 15.9 Å². The van der Waals surface area contributed by atoms with Crippen LogP contribution in [0.5, 0.6) is 0 Å². The Morgan fingerprint density at radius 1 is 1.36 bits per heavy atom. The summed E-state index contributed by atoms with van der Waals surface area (Å²) in [7, 11) is 0. The van der Waals surface area contributed by atoms with Crippen LogP contribution in [0.25, 0.3) is 11.0 Å². The Morgan fingerprint density at radius 3 is 2.86 bits per heavy atom. The third-order valence-electron chi connectivity index (χ3n) is 2.79. The molecule has 3 heteroatoms. The molecule has 0 bridgehead atoms. The Labute approximate surface area is 89.7 Å². The van der Waals surface area contributed by atoms with Gasteiger partial charge in [0, 0.05) is 5.39 Å². The number of fused-ring (bicyclic) bond motifs is 1. The molecule has 3 rings (SSSR count). The summed E-state index contributed by atoms with van der Waals surface area (Å²) in [5.74, 6) is 0. The van der Waals surface area contributed by atoms with Crippen LogP contribution < -0.4 is 0 Å². The van der Waals surface area contributed by atoms with Crippen molar-refractivity contribution in [2.24, 2.45) is 0 Å². The third kappa shape index (κ3) is 1.12. The number of aliphatic hydroxyl groups is 1. The van der Waals surface area contributed by atoms with Crippen molar-refractivity contribution in [2.75, 3.05) is 0 Å². The molecule has 0 radical (unpaired) electrons. The summed E-state index contributed by atoms with van der Waals surface area (Å²) in [6, 6.07) is 5.84. The van der Waals surface area contributed by atoms with E-state index in [1.165, 1.54) is 0 Å². The van der Waals surface area contributed by atoms with Gasteiger partial charge in [0.1, 0.15) is 11.8 Å². The highest BCUT2D eigenvalue weighted by atomic mass is 79.9. The second-order valence-electron chi connectivity index (χ2n) is 3.83. The van der Waals surface area contributed by atoms with Crippen LogP contribution in [0.4, 0.5) is 0 Å². The van der Waals surface area contributed by atoms with Crippen LogP contribution in [0.1, 0.15) is 18.4 Å². The van der Waals surface area contributed by atoms with Crippen molar-refractivity contribution in [1.29, 1.82) is 0 Å². The lowest BCUT2D eigenvalue weighted by Gasteiger charge is -2.06. The normalized spacial score (nSPS) is 18.7. The first-order valence-electron chi connectivity index (χ1n) is 4.59.